The summed E-state index contributed by atoms with van der Waals surface area (Å²) >= 11 is 1.09. The van der Waals surface area contributed by atoms with E-state index >= 15 is 0 Å². The maximum Gasteiger partial charge on any atom is 0.283 e. The molecule has 9 heteroatoms. The van der Waals surface area contributed by atoms with Crippen molar-refractivity contribution in [1.29, 1.82) is 0 Å². The van der Waals surface area contributed by atoms with Crippen molar-refractivity contribution in [3.8, 4) is 0 Å². The number of hydrogen-bond acceptors (Lipinski definition) is 6. The van der Waals surface area contributed by atoms with E-state index in [9.17, 15) is 14.0 Å². The molecule has 156 valence electrons. The molecule has 1 aliphatic heterocycles. The van der Waals surface area contributed by atoms with Gasteiger partial charge in [0, 0.05) is 6.07 Å². The molecule has 31 heavy (non-hydrogen) atoms. The summed E-state index contributed by atoms with van der Waals surface area (Å²) in [6.45, 7) is 1.72. The predicted octanol–water partition coefficient (Wildman–Crippen LogP) is 4.24. The zero-order chi connectivity index (χ0) is 21.8. The van der Waals surface area contributed by atoms with E-state index < -0.39 is 5.82 Å². The molecule has 4 rings (SSSR count). The zero-order valence-electron chi connectivity index (χ0n) is 16.4. The fourth-order valence-electron chi connectivity index (χ4n) is 2.85. The normalized spacial score (nSPS) is 14.8. The topological polar surface area (TPSA) is 87.8 Å². The molecule has 0 aliphatic carbocycles. The summed E-state index contributed by atoms with van der Waals surface area (Å²) in [5.74, 6) is -0.212. The first-order valence-corrected chi connectivity index (χ1v) is 10.3. The van der Waals surface area contributed by atoms with Gasteiger partial charge < -0.3 is 9.84 Å². The van der Waals surface area contributed by atoms with Crippen molar-refractivity contribution in [2.75, 3.05) is 16.0 Å². The third kappa shape index (κ3) is 4.89. The number of amides is 2. The minimum Gasteiger partial charge on any atom is -0.360 e. The van der Waals surface area contributed by atoms with E-state index in [1.54, 1.807) is 19.1 Å². The lowest BCUT2D eigenvalue weighted by molar-refractivity contribution is -0.114. The highest BCUT2D eigenvalue weighted by Crippen LogP contribution is 2.29. The lowest BCUT2D eigenvalue weighted by Crippen LogP contribution is -2.31. The highest BCUT2D eigenvalue weighted by Gasteiger charge is 2.32. The van der Waals surface area contributed by atoms with Crippen LogP contribution in [0.1, 0.15) is 11.3 Å². The Kier molecular flexibility index (Phi) is 5.94. The molecule has 1 aliphatic rings. The Balaban J connectivity index is 1.56. The summed E-state index contributed by atoms with van der Waals surface area (Å²) in [5.41, 5.74) is 1.51. The van der Waals surface area contributed by atoms with Crippen LogP contribution in [0.25, 0.3) is 6.08 Å². The fraction of sp³-hybridized carbons (Fsp3) is 0.0909. The minimum atomic E-state index is -0.413. The molecule has 0 saturated heterocycles. The van der Waals surface area contributed by atoms with Crippen molar-refractivity contribution in [3.63, 3.8) is 0 Å². The molecule has 2 amide bonds. The molecule has 0 fully saturated rings. The third-order valence-electron chi connectivity index (χ3n) is 4.25. The van der Waals surface area contributed by atoms with Crippen LogP contribution in [0.15, 0.2) is 75.9 Å². The van der Waals surface area contributed by atoms with Crippen LogP contribution in [-0.4, -0.2) is 27.9 Å². The van der Waals surface area contributed by atoms with Crippen LogP contribution in [0, 0.1) is 12.7 Å². The predicted molar refractivity (Wildman–Crippen MR) is 118 cm³/mol. The smallest absolute Gasteiger partial charge is 0.283 e. The van der Waals surface area contributed by atoms with Crippen LogP contribution in [0.3, 0.4) is 0 Å². The quantitative estimate of drug-likeness (QED) is 0.605. The number of aliphatic imine (C=N–C) groups is 1. The Bertz CT molecular complexity index is 1170. The number of benzene rings is 2. The molecule has 0 saturated carbocycles. The minimum absolute atomic E-state index is 0.00562. The van der Waals surface area contributed by atoms with Crippen LogP contribution in [0.4, 0.5) is 15.9 Å². The van der Waals surface area contributed by atoms with Gasteiger partial charge in [0.15, 0.2) is 11.0 Å². The number of amidine groups is 1. The summed E-state index contributed by atoms with van der Waals surface area (Å²) in [7, 11) is 0. The number of carbonyl (C=O) groups is 2. The molecule has 3 aromatic rings. The van der Waals surface area contributed by atoms with Gasteiger partial charge in [-0.05, 0) is 42.8 Å². The third-order valence-corrected chi connectivity index (χ3v) is 5.18. The van der Waals surface area contributed by atoms with Crippen molar-refractivity contribution in [2.24, 2.45) is 4.99 Å². The average Bonchev–Trinajstić information content (AvgIpc) is 3.30. The molecular formula is C22H17FN4O3S. The van der Waals surface area contributed by atoms with Gasteiger partial charge in [-0.3, -0.25) is 14.5 Å². The average molecular weight is 436 g/mol. The number of halogens is 1. The Morgan fingerprint density at radius 2 is 1.94 bits per heavy atom. The van der Waals surface area contributed by atoms with Crippen LogP contribution in [0.5, 0.6) is 0 Å². The zero-order valence-corrected chi connectivity index (χ0v) is 17.2. The molecule has 0 radical (unpaired) electrons. The monoisotopic (exact) mass is 436 g/mol. The summed E-state index contributed by atoms with van der Waals surface area (Å²) in [6.07, 6.45) is 1.67. The van der Waals surface area contributed by atoms with Crippen LogP contribution in [-0.2, 0) is 9.59 Å². The number of hydrogen-bond donors (Lipinski definition) is 1. The number of anilines is 2. The SMILES string of the molecule is Cc1cc(NC(=O)CSC2=N/C(=C\c3ccccc3)C(=O)N2c2ccc(F)cc2)no1. The first kappa shape index (κ1) is 20.5. The Hall–Kier alpha value is -3.72. The Morgan fingerprint density at radius 1 is 1.19 bits per heavy atom. The van der Waals surface area contributed by atoms with Gasteiger partial charge in [-0.25, -0.2) is 9.38 Å². The second-order valence-corrected chi connectivity index (χ2v) is 7.55. The largest absolute Gasteiger partial charge is 0.360 e. The second kappa shape index (κ2) is 8.97. The number of aromatic nitrogens is 1. The summed E-state index contributed by atoms with van der Waals surface area (Å²) in [5, 5.41) is 6.67. The Labute approximate surface area is 181 Å². The molecule has 2 aromatic carbocycles. The molecule has 7 nitrogen and oxygen atoms in total. The van der Waals surface area contributed by atoms with Crippen LogP contribution in [0.2, 0.25) is 0 Å². The van der Waals surface area contributed by atoms with E-state index in [1.165, 1.54) is 29.2 Å². The Morgan fingerprint density at radius 3 is 2.61 bits per heavy atom. The maximum atomic E-state index is 13.4. The second-order valence-electron chi connectivity index (χ2n) is 6.61. The number of aryl methyl sites for hydroxylation is 1. The number of rotatable bonds is 5. The first-order valence-electron chi connectivity index (χ1n) is 9.31. The lowest BCUT2D eigenvalue weighted by Gasteiger charge is -2.17. The van der Waals surface area contributed by atoms with Gasteiger partial charge in [0.05, 0.1) is 11.4 Å². The maximum absolute atomic E-state index is 13.4. The van der Waals surface area contributed by atoms with Crippen LogP contribution >= 0.6 is 11.8 Å². The van der Waals surface area contributed by atoms with Gasteiger partial charge in [0.2, 0.25) is 5.91 Å². The van der Waals surface area contributed by atoms with Crippen molar-refractivity contribution >= 4 is 46.3 Å². The number of thioether (sulfide) groups is 1. The molecule has 0 unspecified atom stereocenters. The van der Waals surface area contributed by atoms with Crippen molar-refractivity contribution < 1.29 is 18.5 Å². The van der Waals surface area contributed by atoms with Crippen molar-refractivity contribution in [2.45, 2.75) is 6.92 Å². The molecule has 1 N–H and O–H groups in total. The fourth-order valence-corrected chi connectivity index (χ4v) is 3.67. The van der Waals surface area contributed by atoms with Gasteiger partial charge in [-0.1, -0.05) is 47.3 Å². The number of nitrogens with one attached hydrogen (secondary N) is 1. The van der Waals surface area contributed by atoms with Crippen molar-refractivity contribution in [3.05, 3.63) is 83.5 Å². The molecule has 2 heterocycles. The van der Waals surface area contributed by atoms with E-state index in [-0.39, 0.29) is 23.3 Å². The molecule has 0 bridgehead atoms. The summed E-state index contributed by atoms with van der Waals surface area (Å²) in [6, 6.07) is 16.4. The van der Waals surface area contributed by atoms with Crippen molar-refractivity contribution in [1.82, 2.24) is 5.16 Å². The molecule has 1 aromatic heterocycles. The molecular weight excluding hydrogens is 419 g/mol. The first-order chi connectivity index (χ1) is 15.0. The summed E-state index contributed by atoms with van der Waals surface area (Å²) in [4.78, 5) is 31.1. The van der Waals surface area contributed by atoms with Gasteiger partial charge in [0.1, 0.15) is 17.3 Å². The highest BCUT2D eigenvalue weighted by atomic mass is 32.2. The van der Waals surface area contributed by atoms with E-state index in [1.807, 2.05) is 30.3 Å². The van der Waals surface area contributed by atoms with E-state index in [0.717, 1.165) is 17.3 Å². The standard InChI is InChI=1S/C22H17FN4O3S/c1-14-11-19(26-30-14)25-20(28)13-31-22-24-18(12-15-5-3-2-4-6-15)21(29)27(22)17-9-7-16(23)8-10-17/h2-12H,13H2,1H3,(H,25,26,28)/b18-12-. The van der Waals surface area contributed by atoms with Gasteiger partial charge in [-0.15, -0.1) is 0 Å². The number of nitrogens with zero attached hydrogens (tertiary/aromatic N) is 3. The van der Waals surface area contributed by atoms with E-state index in [0.29, 0.717) is 22.4 Å². The molecule has 0 atom stereocenters. The summed E-state index contributed by atoms with van der Waals surface area (Å²) < 4.78 is 18.3. The van der Waals surface area contributed by atoms with E-state index in [2.05, 4.69) is 15.5 Å². The van der Waals surface area contributed by atoms with Gasteiger partial charge in [0.25, 0.3) is 5.91 Å². The van der Waals surface area contributed by atoms with Gasteiger partial charge in [-0.2, -0.15) is 0 Å². The highest BCUT2D eigenvalue weighted by molar-refractivity contribution is 8.14. The number of carbonyl (C=O) groups excluding carboxylic acids is 2. The lowest BCUT2D eigenvalue weighted by atomic mass is 10.2. The van der Waals surface area contributed by atoms with E-state index in [4.69, 9.17) is 4.52 Å². The molecule has 0 spiro atoms. The van der Waals surface area contributed by atoms with Crippen LogP contribution < -0.4 is 10.2 Å². The van der Waals surface area contributed by atoms with Gasteiger partial charge >= 0.3 is 0 Å².